The molecule has 0 nitrogen and oxygen atoms in total. The second-order valence-corrected chi connectivity index (χ2v) is 5.10. The number of rotatable bonds is 4. The van der Waals surface area contributed by atoms with E-state index in [0.29, 0.717) is 0 Å². The predicted molar refractivity (Wildman–Crippen MR) is 79.5 cm³/mol. The summed E-state index contributed by atoms with van der Waals surface area (Å²) in [6, 6.07) is 15.8. The molecule has 0 N–H and O–H groups in total. The highest BCUT2D eigenvalue weighted by Crippen LogP contribution is 2.25. The molecule has 0 saturated carbocycles. The van der Waals surface area contributed by atoms with Crippen molar-refractivity contribution < 1.29 is 0 Å². The highest BCUT2D eigenvalue weighted by atomic mass is 35.5. The maximum atomic E-state index is 6.02. The molecule has 2 aromatic rings. The Morgan fingerprint density at radius 2 is 1.72 bits per heavy atom. The molecule has 18 heavy (non-hydrogen) atoms. The van der Waals surface area contributed by atoms with Crippen LogP contribution in [-0.4, -0.2) is 0 Å². The van der Waals surface area contributed by atoms with Crippen LogP contribution in [0.25, 0.3) is 0 Å². The number of halogens is 2. The summed E-state index contributed by atoms with van der Waals surface area (Å²) in [6.45, 7) is 3.91. The van der Waals surface area contributed by atoms with E-state index in [9.17, 15) is 0 Å². The van der Waals surface area contributed by atoms with Gasteiger partial charge in [-0.05, 0) is 41.8 Å². The van der Waals surface area contributed by atoms with Gasteiger partial charge in [-0.2, -0.15) is 0 Å². The third kappa shape index (κ3) is 3.38. The number of hydrogen-bond acceptors (Lipinski definition) is 0. The molecule has 0 aliphatic carbocycles. The van der Waals surface area contributed by atoms with Crippen LogP contribution in [-0.2, 0) is 6.42 Å². The molecule has 0 fully saturated rings. The lowest BCUT2D eigenvalue weighted by molar-refractivity contribution is 0.838. The molecule has 2 heteroatoms. The SMILES string of the molecule is C=CC(Cc1ccc(Cl)cc1)c1cccc(Cl)c1. The fraction of sp³-hybridized carbons (Fsp3) is 0.125. The highest BCUT2D eigenvalue weighted by molar-refractivity contribution is 6.30. The van der Waals surface area contributed by atoms with Crippen molar-refractivity contribution in [2.24, 2.45) is 0 Å². The average Bonchev–Trinajstić information content (AvgIpc) is 2.38. The molecule has 0 spiro atoms. The first-order valence-corrected chi connectivity index (χ1v) is 6.57. The van der Waals surface area contributed by atoms with Crippen LogP contribution in [0.15, 0.2) is 61.2 Å². The second kappa shape index (κ2) is 6.08. The summed E-state index contributed by atoms with van der Waals surface area (Å²) in [5, 5.41) is 1.52. The van der Waals surface area contributed by atoms with Crippen LogP contribution >= 0.6 is 23.2 Å². The third-order valence-electron chi connectivity index (χ3n) is 2.93. The van der Waals surface area contributed by atoms with Crippen LogP contribution in [0, 0.1) is 0 Å². The van der Waals surface area contributed by atoms with Gasteiger partial charge in [0.15, 0.2) is 0 Å². The molecule has 0 aliphatic rings. The van der Waals surface area contributed by atoms with Gasteiger partial charge in [-0.15, -0.1) is 6.58 Å². The van der Waals surface area contributed by atoms with E-state index in [-0.39, 0.29) is 5.92 Å². The van der Waals surface area contributed by atoms with Gasteiger partial charge in [0, 0.05) is 16.0 Å². The Morgan fingerprint density at radius 1 is 1.00 bits per heavy atom. The van der Waals surface area contributed by atoms with E-state index in [4.69, 9.17) is 23.2 Å². The fourth-order valence-electron chi connectivity index (χ4n) is 1.95. The average molecular weight is 277 g/mol. The predicted octanol–water partition coefficient (Wildman–Crippen LogP) is 5.51. The van der Waals surface area contributed by atoms with Gasteiger partial charge >= 0.3 is 0 Å². The quantitative estimate of drug-likeness (QED) is 0.647. The number of hydrogen-bond donors (Lipinski definition) is 0. The Bertz CT molecular complexity index is 529. The first kappa shape index (κ1) is 13.2. The van der Waals surface area contributed by atoms with Crippen molar-refractivity contribution in [3.8, 4) is 0 Å². The molecule has 0 aliphatic heterocycles. The second-order valence-electron chi connectivity index (χ2n) is 4.23. The van der Waals surface area contributed by atoms with Crippen LogP contribution in [0.5, 0.6) is 0 Å². The lowest BCUT2D eigenvalue weighted by Crippen LogP contribution is -1.99. The molecule has 1 unspecified atom stereocenters. The normalized spacial score (nSPS) is 12.1. The molecular weight excluding hydrogens is 263 g/mol. The minimum absolute atomic E-state index is 0.268. The van der Waals surface area contributed by atoms with E-state index in [2.05, 4.69) is 12.6 Å². The van der Waals surface area contributed by atoms with Gasteiger partial charge in [-0.25, -0.2) is 0 Å². The van der Waals surface area contributed by atoms with E-state index < -0.39 is 0 Å². The number of allylic oxidation sites excluding steroid dienone is 1. The van der Waals surface area contributed by atoms with Crippen molar-refractivity contribution in [3.63, 3.8) is 0 Å². The van der Waals surface area contributed by atoms with Crippen molar-refractivity contribution in [1.82, 2.24) is 0 Å². The molecule has 0 bridgehead atoms. The van der Waals surface area contributed by atoms with E-state index in [0.717, 1.165) is 16.5 Å². The molecule has 2 rings (SSSR count). The monoisotopic (exact) mass is 276 g/mol. The Kier molecular flexibility index (Phi) is 4.46. The summed E-state index contributed by atoms with van der Waals surface area (Å²) < 4.78 is 0. The minimum Gasteiger partial charge on any atom is -0.102 e. The highest BCUT2D eigenvalue weighted by Gasteiger charge is 2.09. The smallest absolute Gasteiger partial charge is 0.0408 e. The van der Waals surface area contributed by atoms with Crippen LogP contribution in [0.2, 0.25) is 10.0 Å². The Balaban J connectivity index is 2.19. The molecule has 92 valence electrons. The van der Waals surface area contributed by atoms with Gasteiger partial charge in [0.2, 0.25) is 0 Å². The zero-order valence-electron chi connectivity index (χ0n) is 9.94. The standard InChI is InChI=1S/C16H14Cl2/c1-2-13(14-4-3-5-16(18)11-14)10-12-6-8-15(17)9-7-12/h2-9,11,13H,1,10H2. The molecule has 0 amide bonds. The molecule has 0 radical (unpaired) electrons. The van der Waals surface area contributed by atoms with E-state index >= 15 is 0 Å². The van der Waals surface area contributed by atoms with Gasteiger partial charge in [0.1, 0.15) is 0 Å². The van der Waals surface area contributed by atoms with E-state index in [1.54, 1.807) is 0 Å². The summed E-state index contributed by atoms with van der Waals surface area (Å²) >= 11 is 11.9. The molecule has 1 atom stereocenters. The minimum atomic E-state index is 0.268. The zero-order valence-corrected chi connectivity index (χ0v) is 11.5. The Hall–Kier alpha value is -1.24. The topological polar surface area (TPSA) is 0 Å². The molecular formula is C16H14Cl2. The fourth-order valence-corrected chi connectivity index (χ4v) is 2.27. The molecule has 0 saturated heterocycles. The van der Waals surface area contributed by atoms with Crippen molar-refractivity contribution in [2.75, 3.05) is 0 Å². The number of benzene rings is 2. The van der Waals surface area contributed by atoms with Crippen molar-refractivity contribution >= 4 is 23.2 Å². The van der Waals surface area contributed by atoms with Crippen molar-refractivity contribution in [2.45, 2.75) is 12.3 Å². The summed E-state index contributed by atoms with van der Waals surface area (Å²) in [5.74, 6) is 0.268. The maximum Gasteiger partial charge on any atom is 0.0408 e. The maximum absolute atomic E-state index is 6.02. The van der Waals surface area contributed by atoms with Gasteiger partial charge in [0.25, 0.3) is 0 Å². The lowest BCUT2D eigenvalue weighted by Gasteiger charge is -2.13. The zero-order chi connectivity index (χ0) is 13.0. The Morgan fingerprint density at radius 3 is 2.33 bits per heavy atom. The van der Waals surface area contributed by atoms with E-state index in [1.807, 2.05) is 48.5 Å². The van der Waals surface area contributed by atoms with Crippen molar-refractivity contribution in [1.29, 1.82) is 0 Å². The summed E-state index contributed by atoms with van der Waals surface area (Å²) in [4.78, 5) is 0. The molecule has 0 aromatic heterocycles. The summed E-state index contributed by atoms with van der Waals surface area (Å²) in [5.41, 5.74) is 2.43. The van der Waals surface area contributed by atoms with Crippen LogP contribution in [0.3, 0.4) is 0 Å². The lowest BCUT2D eigenvalue weighted by atomic mass is 9.92. The van der Waals surface area contributed by atoms with Crippen molar-refractivity contribution in [3.05, 3.63) is 82.4 Å². The van der Waals surface area contributed by atoms with Gasteiger partial charge in [0.05, 0.1) is 0 Å². The van der Waals surface area contributed by atoms with Crippen LogP contribution in [0.1, 0.15) is 17.0 Å². The first-order chi connectivity index (χ1) is 8.69. The van der Waals surface area contributed by atoms with Gasteiger partial charge < -0.3 is 0 Å². The van der Waals surface area contributed by atoms with Crippen LogP contribution < -0.4 is 0 Å². The largest absolute Gasteiger partial charge is 0.102 e. The van der Waals surface area contributed by atoms with Gasteiger partial charge in [-0.3, -0.25) is 0 Å². The van der Waals surface area contributed by atoms with E-state index in [1.165, 1.54) is 11.1 Å². The van der Waals surface area contributed by atoms with Crippen LogP contribution in [0.4, 0.5) is 0 Å². The van der Waals surface area contributed by atoms with Gasteiger partial charge in [-0.1, -0.05) is 53.5 Å². The Labute approximate surface area is 118 Å². The first-order valence-electron chi connectivity index (χ1n) is 5.81. The molecule has 0 heterocycles. The molecule has 2 aromatic carbocycles. The summed E-state index contributed by atoms with van der Waals surface area (Å²) in [7, 11) is 0. The summed E-state index contributed by atoms with van der Waals surface area (Å²) in [6.07, 6.45) is 2.86. The third-order valence-corrected chi connectivity index (χ3v) is 3.42.